The van der Waals surface area contributed by atoms with Crippen molar-refractivity contribution >= 4 is 22.8 Å². The molecule has 5 nitrogen and oxygen atoms in total. The molecule has 2 rings (SSSR count). The van der Waals surface area contributed by atoms with Crippen LogP contribution in [0.2, 0.25) is 0 Å². The number of rotatable bonds is 4. The van der Waals surface area contributed by atoms with E-state index in [4.69, 9.17) is 9.52 Å². The van der Waals surface area contributed by atoms with E-state index in [9.17, 15) is 9.59 Å². The van der Waals surface area contributed by atoms with Gasteiger partial charge in [0.2, 0.25) is 0 Å². The van der Waals surface area contributed by atoms with Gasteiger partial charge < -0.3 is 14.8 Å². The average molecular weight is 247 g/mol. The molecule has 5 heteroatoms. The fraction of sp³-hybridized carbons (Fsp3) is 0.231. The highest BCUT2D eigenvalue weighted by Crippen LogP contribution is 2.18. The van der Waals surface area contributed by atoms with Crippen LogP contribution in [-0.2, 0) is 4.79 Å². The van der Waals surface area contributed by atoms with Gasteiger partial charge in [-0.1, -0.05) is 25.1 Å². The van der Waals surface area contributed by atoms with E-state index in [1.807, 2.05) is 18.2 Å². The molecule has 18 heavy (non-hydrogen) atoms. The van der Waals surface area contributed by atoms with Gasteiger partial charge in [0.25, 0.3) is 5.91 Å². The Bertz CT molecular complexity index is 554. The molecule has 0 radical (unpaired) electrons. The molecule has 1 amide bonds. The molecule has 1 aromatic heterocycles. The van der Waals surface area contributed by atoms with E-state index < -0.39 is 17.8 Å². The predicted octanol–water partition coefficient (Wildman–Crippen LogP) is 1.88. The Kier molecular flexibility index (Phi) is 3.32. The van der Waals surface area contributed by atoms with E-state index in [0.29, 0.717) is 5.58 Å². The quantitative estimate of drug-likeness (QED) is 0.864. The van der Waals surface area contributed by atoms with Gasteiger partial charge in [-0.25, -0.2) is 0 Å². The first-order chi connectivity index (χ1) is 8.58. The van der Waals surface area contributed by atoms with Crippen molar-refractivity contribution in [3.63, 3.8) is 0 Å². The Morgan fingerprint density at radius 3 is 2.78 bits per heavy atom. The minimum absolute atomic E-state index is 0.0746. The number of hydrogen-bond acceptors (Lipinski definition) is 3. The standard InChI is InChI=1S/C13H13NO4/c1-8(13(16)17)7-14-12(15)11-6-9-4-2-3-5-10(9)18-11/h2-6,8H,7H2,1H3,(H,14,15)(H,16,17). The van der Waals surface area contributed by atoms with Crippen LogP contribution in [0.5, 0.6) is 0 Å². The van der Waals surface area contributed by atoms with Crippen molar-refractivity contribution < 1.29 is 19.1 Å². The second-order valence-electron chi connectivity index (χ2n) is 4.10. The fourth-order valence-electron chi connectivity index (χ4n) is 1.51. The number of para-hydroxylation sites is 1. The van der Waals surface area contributed by atoms with E-state index in [0.717, 1.165) is 5.39 Å². The Hall–Kier alpha value is -2.30. The summed E-state index contributed by atoms with van der Waals surface area (Å²) in [5.41, 5.74) is 0.633. The summed E-state index contributed by atoms with van der Waals surface area (Å²) >= 11 is 0. The summed E-state index contributed by atoms with van der Waals surface area (Å²) in [5.74, 6) is -1.79. The minimum atomic E-state index is -0.945. The first-order valence-corrected chi connectivity index (χ1v) is 5.57. The molecule has 0 saturated carbocycles. The molecule has 0 aliphatic rings. The Labute approximate surface area is 103 Å². The summed E-state index contributed by atoms with van der Waals surface area (Å²) in [6.45, 7) is 1.60. The number of carbonyl (C=O) groups is 2. The summed E-state index contributed by atoms with van der Waals surface area (Å²) in [7, 11) is 0. The number of benzene rings is 1. The number of furan rings is 1. The normalized spacial score (nSPS) is 12.3. The molecule has 0 fully saturated rings. The zero-order valence-corrected chi connectivity index (χ0v) is 9.84. The molecule has 0 bridgehead atoms. The summed E-state index contributed by atoms with van der Waals surface area (Å²) in [5, 5.41) is 12.1. The minimum Gasteiger partial charge on any atom is -0.481 e. The molecule has 0 spiro atoms. The van der Waals surface area contributed by atoms with Gasteiger partial charge in [0.05, 0.1) is 5.92 Å². The lowest BCUT2D eigenvalue weighted by atomic mass is 10.2. The molecule has 0 saturated heterocycles. The highest BCUT2D eigenvalue weighted by atomic mass is 16.4. The third kappa shape index (κ3) is 2.51. The van der Waals surface area contributed by atoms with Crippen molar-refractivity contribution in [1.29, 1.82) is 0 Å². The van der Waals surface area contributed by atoms with Crippen LogP contribution < -0.4 is 5.32 Å². The predicted molar refractivity (Wildman–Crippen MR) is 65.3 cm³/mol. The maximum atomic E-state index is 11.7. The maximum absolute atomic E-state index is 11.7. The summed E-state index contributed by atoms with van der Waals surface area (Å²) in [6.07, 6.45) is 0. The fourth-order valence-corrected chi connectivity index (χ4v) is 1.51. The van der Waals surface area contributed by atoms with Gasteiger partial charge in [-0.15, -0.1) is 0 Å². The van der Waals surface area contributed by atoms with Gasteiger partial charge >= 0.3 is 5.97 Å². The monoisotopic (exact) mass is 247 g/mol. The number of aliphatic carboxylic acids is 1. The molecule has 1 heterocycles. The van der Waals surface area contributed by atoms with Crippen molar-refractivity contribution in [2.45, 2.75) is 6.92 Å². The lowest BCUT2D eigenvalue weighted by molar-refractivity contribution is -0.140. The van der Waals surface area contributed by atoms with Crippen LogP contribution in [-0.4, -0.2) is 23.5 Å². The average Bonchev–Trinajstić information content (AvgIpc) is 2.79. The van der Waals surface area contributed by atoms with Crippen LogP contribution in [0.1, 0.15) is 17.5 Å². The maximum Gasteiger partial charge on any atom is 0.308 e. The molecular formula is C13H13NO4. The molecule has 1 atom stereocenters. The van der Waals surface area contributed by atoms with Gasteiger partial charge in [-0.2, -0.15) is 0 Å². The van der Waals surface area contributed by atoms with Gasteiger partial charge in [0.1, 0.15) is 5.58 Å². The second-order valence-corrected chi connectivity index (χ2v) is 4.10. The molecule has 0 aliphatic heterocycles. The third-order valence-corrected chi connectivity index (χ3v) is 2.64. The third-order valence-electron chi connectivity index (χ3n) is 2.64. The lowest BCUT2D eigenvalue weighted by Crippen LogP contribution is -2.31. The summed E-state index contributed by atoms with van der Waals surface area (Å²) < 4.78 is 5.36. The molecule has 1 unspecified atom stereocenters. The molecular weight excluding hydrogens is 234 g/mol. The Morgan fingerprint density at radius 2 is 2.11 bits per heavy atom. The zero-order chi connectivity index (χ0) is 13.1. The van der Waals surface area contributed by atoms with E-state index in [2.05, 4.69) is 5.32 Å². The molecule has 2 aromatic rings. The van der Waals surface area contributed by atoms with Crippen molar-refractivity contribution in [1.82, 2.24) is 5.32 Å². The van der Waals surface area contributed by atoms with Gasteiger partial charge in [0.15, 0.2) is 5.76 Å². The Balaban J connectivity index is 2.07. The van der Waals surface area contributed by atoms with Crippen LogP contribution in [0.25, 0.3) is 11.0 Å². The number of hydrogen-bond donors (Lipinski definition) is 2. The topological polar surface area (TPSA) is 79.5 Å². The van der Waals surface area contributed by atoms with E-state index in [1.54, 1.807) is 12.1 Å². The SMILES string of the molecule is CC(CNC(=O)c1cc2ccccc2o1)C(=O)O. The van der Waals surface area contributed by atoms with E-state index >= 15 is 0 Å². The number of fused-ring (bicyclic) bond motifs is 1. The van der Waals surface area contributed by atoms with Gasteiger partial charge in [-0.05, 0) is 12.1 Å². The number of carbonyl (C=O) groups excluding carboxylic acids is 1. The highest BCUT2D eigenvalue weighted by Gasteiger charge is 2.15. The van der Waals surface area contributed by atoms with Crippen LogP contribution in [0.4, 0.5) is 0 Å². The van der Waals surface area contributed by atoms with Crippen LogP contribution in [0.15, 0.2) is 34.7 Å². The van der Waals surface area contributed by atoms with Crippen LogP contribution in [0.3, 0.4) is 0 Å². The number of carboxylic acid groups (broad SMARTS) is 1. The van der Waals surface area contributed by atoms with Gasteiger partial charge in [0, 0.05) is 11.9 Å². The van der Waals surface area contributed by atoms with E-state index in [1.165, 1.54) is 6.92 Å². The smallest absolute Gasteiger partial charge is 0.308 e. The first-order valence-electron chi connectivity index (χ1n) is 5.57. The lowest BCUT2D eigenvalue weighted by Gasteiger charge is -2.06. The summed E-state index contributed by atoms with van der Waals surface area (Å²) in [6, 6.07) is 8.92. The molecule has 1 aromatic carbocycles. The molecule has 0 aliphatic carbocycles. The van der Waals surface area contributed by atoms with Crippen molar-refractivity contribution in [2.75, 3.05) is 6.54 Å². The van der Waals surface area contributed by atoms with E-state index in [-0.39, 0.29) is 12.3 Å². The first kappa shape index (κ1) is 12.2. The molecule has 2 N–H and O–H groups in total. The zero-order valence-electron chi connectivity index (χ0n) is 9.84. The van der Waals surface area contributed by atoms with Crippen LogP contribution >= 0.6 is 0 Å². The van der Waals surface area contributed by atoms with Crippen molar-refractivity contribution in [3.8, 4) is 0 Å². The number of carboxylic acids is 1. The Morgan fingerprint density at radius 1 is 1.39 bits per heavy atom. The number of nitrogens with one attached hydrogen (secondary N) is 1. The largest absolute Gasteiger partial charge is 0.481 e. The van der Waals surface area contributed by atoms with Crippen LogP contribution in [0, 0.1) is 5.92 Å². The molecule has 94 valence electrons. The second kappa shape index (κ2) is 4.91. The highest BCUT2D eigenvalue weighted by molar-refractivity contribution is 5.96. The summed E-state index contributed by atoms with van der Waals surface area (Å²) in [4.78, 5) is 22.4. The van der Waals surface area contributed by atoms with Crippen molar-refractivity contribution in [3.05, 3.63) is 36.1 Å². The van der Waals surface area contributed by atoms with Crippen molar-refractivity contribution in [2.24, 2.45) is 5.92 Å². The van der Waals surface area contributed by atoms with Gasteiger partial charge in [-0.3, -0.25) is 9.59 Å². The number of amides is 1.